The summed E-state index contributed by atoms with van der Waals surface area (Å²) in [4.78, 5) is 17.0. The normalized spacial score (nSPS) is 23.4. The van der Waals surface area contributed by atoms with Crippen molar-refractivity contribution in [2.45, 2.75) is 63.5 Å². The average molecular weight is 439 g/mol. The SMILES string of the molecule is CCCCC/C(=C\c1ccccc1)CN(CC1CCNCC1)C(=O)CC1=CC2CC2S1. The second-order valence-corrected chi connectivity index (χ2v) is 10.9. The molecule has 1 amide bonds. The maximum atomic E-state index is 13.4. The number of nitrogens with zero attached hydrogens (tertiary/aromatic N) is 1. The zero-order valence-electron chi connectivity index (χ0n) is 19.0. The van der Waals surface area contributed by atoms with E-state index in [4.69, 9.17) is 0 Å². The number of rotatable bonds is 11. The molecule has 1 aliphatic carbocycles. The first-order chi connectivity index (χ1) is 15.2. The zero-order chi connectivity index (χ0) is 21.5. The average Bonchev–Trinajstić information content (AvgIpc) is 3.40. The lowest BCUT2D eigenvalue weighted by atomic mass is 9.96. The number of thioether (sulfide) groups is 1. The molecule has 0 radical (unpaired) electrons. The molecule has 4 rings (SSSR count). The van der Waals surface area contributed by atoms with Gasteiger partial charge in [-0.05, 0) is 67.5 Å². The summed E-state index contributed by atoms with van der Waals surface area (Å²) >= 11 is 1.96. The molecule has 1 saturated carbocycles. The quantitative estimate of drug-likeness (QED) is 0.437. The molecule has 1 N–H and O–H groups in total. The van der Waals surface area contributed by atoms with Gasteiger partial charge in [0.2, 0.25) is 5.91 Å². The summed E-state index contributed by atoms with van der Waals surface area (Å²) in [7, 11) is 0. The number of fused-ring (bicyclic) bond motifs is 1. The van der Waals surface area contributed by atoms with Gasteiger partial charge in [-0.2, -0.15) is 0 Å². The number of benzene rings is 1. The summed E-state index contributed by atoms with van der Waals surface area (Å²) in [5.74, 6) is 1.71. The summed E-state index contributed by atoms with van der Waals surface area (Å²) in [5.41, 5.74) is 2.65. The standard InChI is InChI=1S/C27H38N2OS/c1-2-3-5-10-23(15-21-8-6-4-7-9-21)20-29(19-22-11-13-28-14-12-22)27(30)18-25-16-24-17-26(24)31-25/h4,6-9,15-16,22,24,26,28H,2-3,5,10-14,17-20H2,1H3/b23-15+. The van der Waals surface area contributed by atoms with Gasteiger partial charge in [0, 0.05) is 18.3 Å². The molecule has 3 nitrogen and oxygen atoms in total. The number of hydrogen-bond donors (Lipinski definition) is 1. The third-order valence-corrected chi connectivity index (χ3v) is 8.19. The van der Waals surface area contributed by atoms with Gasteiger partial charge in [0.05, 0.1) is 6.42 Å². The Labute approximate surface area is 192 Å². The molecule has 2 unspecified atom stereocenters. The van der Waals surface area contributed by atoms with Gasteiger partial charge in [-0.3, -0.25) is 4.79 Å². The largest absolute Gasteiger partial charge is 0.338 e. The first kappa shape index (κ1) is 22.7. The van der Waals surface area contributed by atoms with Crippen LogP contribution in [0.15, 0.2) is 46.9 Å². The van der Waals surface area contributed by atoms with Gasteiger partial charge in [0.25, 0.3) is 0 Å². The molecule has 0 aromatic heterocycles. The molecule has 2 aliphatic heterocycles. The predicted octanol–water partition coefficient (Wildman–Crippen LogP) is 5.89. The van der Waals surface area contributed by atoms with Crippen molar-refractivity contribution >= 4 is 23.7 Å². The topological polar surface area (TPSA) is 32.3 Å². The second-order valence-electron chi connectivity index (χ2n) is 9.50. The van der Waals surface area contributed by atoms with E-state index in [9.17, 15) is 4.79 Å². The molecule has 4 heteroatoms. The summed E-state index contributed by atoms with van der Waals surface area (Å²) in [6.45, 7) is 6.11. The Bertz CT molecular complexity index is 782. The van der Waals surface area contributed by atoms with Crippen LogP contribution in [-0.4, -0.2) is 42.2 Å². The Hall–Kier alpha value is -1.52. The molecule has 168 valence electrons. The van der Waals surface area contributed by atoms with Crippen molar-refractivity contribution in [3.8, 4) is 0 Å². The highest BCUT2D eigenvalue weighted by atomic mass is 32.2. The summed E-state index contributed by atoms with van der Waals surface area (Å²) < 4.78 is 0. The number of nitrogens with one attached hydrogen (secondary N) is 1. The molecule has 0 bridgehead atoms. The lowest BCUT2D eigenvalue weighted by Gasteiger charge is -2.31. The highest BCUT2D eigenvalue weighted by Gasteiger charge is 2.42. The van der Waals surface area contributed by atoms with E-state index in [-0.39, 0.29) is 0 Å². The van der Waals surface area contributed by atoms with Crippen LogP contribution < -0.4 is 5.32 Å². The number of carbonyl (C=O) groups excluding carboxylic acids is 1. The van der Waals surface area contributed by atoms with E-state index in [0.29, 0.717) is 18.2 Å². The molecule has 1 aromatic rings. The molecular weight excluding hydrogens is 400 g/mol. The van der Waals surface area contributed by atoms with Crippen molar-refractivity contribution in [2.24, 2.45) is 11.8 Å². The third kappa shape index (κ3) is 6.98. The second kappa shape index (κ2) is 11.4. The molecule has 1 saturated heterocycles. The van der Waals surface area contributed by atoms with Gasteiger partial charge in [-0.1, -0.05) is 67.8 Å². The number of unbranched alkanes of at least 4 members (excludes halogenated alkanes) is 2. The van der Waals surface area contributed by atoms with E-state index in [2.05, 4.69) is 59.6 Å². The lowest BCUT2D eigenvalue weighted by molar-refractivity contribution is -0.130. The van der Waals surface area contributed by atoms with Crippen LogP contribution in [-0.2, 0) is 4.79 Å². The number of piperidine rings is 1. The van der Waals surface area contributed by atoms with Gasteiger partial charge in [0.1, 0.15) is 0 Å². The van der Waals surface area contributed by atoms with E-state index in [1.165, 1.54) is 54.6 Å². The summed E-state index contributed by atoms with van der Waals surface area (Å²) in [6, 6.07) is 10.6. The maximum Gasteiger partial charge on any atom is 0.227 e. The fourth-order valence-corrected chi connectivity index (χ4v) is 6.21. The van der Waals surface area contributed by atoms with E-state index >= 15 is 0 Å². The monoisotopic (exact) mass is 438 g/mol. The minimum Gasteiger partial charge on any atom is -0.338 e. The van der Waals surface area contributed by atoms with E-state index in [0.717, 1.165) is 43.8 Å². The minimum atomic E-state index is 0.327. The van der Waals surface area contributed by atoms with Crippen molar-refractivity contribution in [1.29, 1.82) is 0 Å². The lowest BCUT2D eigenvalue weighted by Crippen LogP contribution is -2.40. The molecular formula is C27H38N2OS. The van der Waals surface area contributed by atoms with Crippen molar-refractivity contribution in [3.05, 3.63) is 52.4 Å². The molecule has 2 fully saturated rings. The van der Waals surface area contributed by atoms with Gasteiger partial charge < -0.3 is 10.2 Å². The third-order valence-electron chi connectivity index (χ3n) is 6.76. The minimum absolute atomic E-state index is 0.327. The molecule has 3 aliphatic rings. The maximum absolute atomic E-state index is 13.4. The fraction of sp³-hybridized carbons (Fsp3) is 0.593. The van der Waals surface area contributed by atoms with Crippen LogP contribution in [0.2, 0.25) is 0 Å². The van der Waals surface area contributed by atoms with Gasteiger partial charge in [-0.15, -0.1) is 11.8 Å². The van der Waals surface area contributed by atoms with Gasteiger partial charge in [0.15, 0.2) is 0 Å². The van der Waals surface area contributed by atoms with Crippen LogP contribution in [0, 0.1) is 11.8 Å². The van der Waals surface area contributed by atoms with E-state index in [1.54, 1.807) is 0 Å². The van der Waals surface area contributed by atoms with Crippen LogP contribution in [0.1, 0.15) is 63.9 Å². The van der Waals surface area contributed by atoms with Gasteiger partial charge >= 0.3 is 0 Å². The van der Waals surface area contributed by atoms with Crippen molar-refractivity contribution in [3.63, 3.8) is 0 Å². The Morgan fingerprint density at radius 3 is 2.71 bits per heavy atom. The highest BCUT2D eigenvalue weighted by molar-refractivity contribution is 8.04. The Balaban J connectivity index is 1.46. The van der Waals surface area contributed by atoms with Crippen LogP contribution in [0.4, 0.5) is 0 Å². The van der Waals surface area contributed by atoms with Crippen LogP contribution in [0.25, 0.3) is 6.08 Å². The van der Waals surface area contributed by atoms with E-state index < -0.39 is 0 Å². The fourth-order valence-electron chi connectivity index (χ4n) is 4.79. The van der Waals surface area contributed by atoms with Crippen molar-refractivity contribution in [2.75, 3.05) is 26.2 Å². The molecule has 1 aromatic carbocycles. The summed E-state index contributed by atoms with van der Waals surface area (Å²) in [5, 5.41) is 4.25. The van der Waals surface area contributed by atoms with E-state index in [1.807, 2.05) is 11.8 Å². The Morgan fingerprint density at radius 2 is 2.00 bits per heavy atom. The highest BCUT2D eigenvalue weighted by Crippen LogP contribution is 2.53. The number of carbonyl (C=O) groups is 1. The summed E-state index contributed by atoms with van der Waals surface area (Å²) in [6.07, 6.45) is 13.8. The zero-order valence-corrected chi connectivity index (χ0v) is 19.8. The Morgan fingerprint density at radius 1 is 1.19 bits per heavy atom. The van der Waals surface area contributed by atoms with Crippen LogP contribution >= 0.6 is 11.8 Å². The number of hydrogen-bond acceptors (Lipinski definition) is 3. The van der Waals surface area contributed by atoms with Crippen LogP contribution in [0.3, 0.4) is 0 Å². The molecule has 2 atom stereocenters. The van der Waals surface area contributed by atoms with Crippen molar-refractivity contribution in [1.82, 2.24) is 10.2 Å². The Kier molecular flexibility index (Phi) is 8.32. The first-order valence-electron chi connectivity index (χ1n) is 12.3. The number of amides is 1. The van der Waals surface area contributed by atoms with Crippen molar-refractivity contribution < 1.29 is 4.79 Å². The molecule has 2 heterocycles. The first-order valence-corrected chi connectivity index (χ1v) is 13.2. The number of allylic oxidation sites excluding steroid dienone is 1. The van der Waals surface area contributed by atoms with Gasteiger partial charge in [-0.25, -0.2) is 0 Å². The molecule has 0 spiro atoms. The predicted molar refractivity (Wildman–Crippen MR) is 133 cm³/mol. The van der Waals surface area contributed by atoms with Crippen LogP contribution in [0.5, 0.6) is 0 Å². The smallest absolute Gasteiger partial charge is 0.227 e. The molecule has 31 heavy (non-hydrogen) atoms.